The summed E-state index contributed by atoms with van der Waals surface area (Å²) in [6.07, 6.45) is 0. The van der Waals surface area contributed by atoms with Crippen LogP contribution >= 0.6 is 11.8 Å². The summed E-state index contributed by atoms with van der Waals surface area (Å²) in [5.41, 5.74) is 0.874. The number of aryl methyl sites for hydroxylation is 2. The van der Waals surface area contributed by atoms with Crippen LogP contribution in [-0.4, -0.2) is 28.6 Å². The molecule has 0 aromatic carbocycles. The predicted octanol–water partition coefficient (Wildman–Crippen LogP) is 0.570. The van der Waals surface area contributed by atoms with E-state index in [1.165, 1.54) is 0 Å². The van der Waals surface area contributed by atoms with Crippen LogP contribution in [0.25, 0.3) is 0 Å². The smallest absolute Gasteiger partial charge is 0.238 e. The molecule has 1 aromatic heterocycles. The molecule has 0 spiro atoms. The van der Waals surface area contributed by atoms with E-state index >= 15 is 0 Å². The van der Waals surface area contributed by atoms with E-state index in [1.807, 2.05) is 13.8 Å². The monoisotopic (exact) mass is 241 g/mol. The highest BCUT2D eigenvalue weighted by atomic mass is 32.2. The summed E-state index contributed by atoms with van der Waals surface area (Å²) < 4.78 is 5.38. The quantitative estimate of drug-likeness (QED) is 0.810. The van der Waals surface area contributed by atoms with E-state index in [9.17, 15) is 4.79 Å². The van der Waals surface area contributed by atoms with Crippen molar-refractivity contribution in [2.45, 2.75) is 26.4 Å². The summed E-state index contributed by atoms with van der Waals surface area (Å²) in [5, 5.41) is 5.92. The molecule has 2 rings (SSSR count). The SMILES string of the molecule is Cc1nc(CNC(=O)C2CSCN2)oc1C. The standard InChI is InChI=1S/C10H15N3O2S/c1-6-7(2)15-9(13-6)3-11-10(14)8-4-16-5-12-8/h8,12H,3-5H2,1-2H3,(H,11,14). The Bertz CT molecular complexity index is 366. The molecule has 0 saturated carbocycles. The van der Waals surface area contributed by atoms with Gasteiger partial charge in [-0.1, -0.05) is 0 Å². The first kappa shape index (κ1) is 11.5. The minimum absolute atomic E-state index is 0.0125. The molecule has 1 saturated heterocycles. The molecule has 1 amide bonds. The Kier molecular flexibility index (Phi) is 3.50. The third kappa shape index (κ3) is 2.56. The van der Waals surface area contributed by atoms with Gasteiger partial charge in [-0.15, -0.1) is 11.8 Å². The van der Waals surface area contributed by atoms with Crippen LogP contribution in [0.15, 0.2) is 4.42 Å². The van der Waals surface area contributed by atoms with Gasteiger partial charge in [0.05, 0.1) is 18.3 Å². The summed E-state index contributed by atoms with van der Waals surface area (Å²) in [6, 6.07) is -0.0813. The summed E-state index contributed by atoms with van der Waals surface area (Å²) in [7, 11) is 0. The molecule has 88 valence electrons. The molecule has 1 aliphatic heterocycles. The fourth-order valence-corrected chi connectivity index (χ4v) is 2.41. The molecule has 1 aliphatic rings. The normalized spacial score (nSPS) is 20.0. The second kappa shape index (κ2) is 4.88. The zero-order chi connectivity index (χ0) is 11.5. The molecule has 6 heteroatoms. The van der Waals surface area contributed by atoms with Crippen LogP contribution in [0.4, 0.5) is 0 Å². The maximum Gasteiger partial charge on any atom is 0.238 e. The van der Waals surface area contributed by atoms with Gasteiger partial charge >= 0.3 is 0 Å². The minimum atomic E-state index is -0.0813. The van der Waals surface area contributed by atoms with Gasteiger partial charge in [-0.25, -0.2) is 4.98 Å². The first-order valence-electron chi connectivity index (χ1n) is 5.18. The van der Waals surface area contributed by atoms with Crippen molar-refractivity contribution >= 4 is 17.7 Å². The number of carbonyl (C=O) groups is 1. The molecule has 1 unspecified atom stereocenters. The molecule has 2 N–H and O–H groups in total. The van der Waals surface area contributed by atoms with E-state index in [-0.39, 0.29) is 11.9 Å². The molecule has 0 aliphatic carbocycles. The average Bonchev–Trinajstić information content (AvgIpc) is 2.86. The molecular formula is C10H15N3O2S. The van der Waals surface area contributed by atoms with Crippen LogP contribution in [0.5, 0.6) is 0 Å². The van der Waals surface area contributed by atoms with Crippen LogP contribution in [0.3, 0.4) is 0 Å². The average molecular weight is 241 g/mol. The zero-order valence-corrected chi connectivity index (χ0v) is 10.2. The number of oxazole rings is 1. The van der Waals surface area contributed by atoms with E-state index in [2.05, 4.69) is 15.6 Å². The molecular weight excluding hydrogens is 226 g/mol. The maximum atomic E-state index is 11.7. The highest BCUT2D eigenvalue weighted by molar-refractivity contribution is 7.99. The van der Waals surface area contributed by atoms with Crippen molar-refractivity contribution in [1.29, 1.82) is 0 Å². The van der Waals surface area contributed by atoms with E-state index < -0.39 is 0 Å². The van der Waals surface area contributed by atoms with Gasteiger partial charge in [0.15, 0.2) is 0 Å². The Morgan fingerprint density at radius 1 is 1.69 bits per heavy atom. The van der Waals surface area contributed by atoms with Crippen molar-refractivity contribution in [2.75, 3.05) is 11.6 Å². The zero-order valence-electron chi connectivity index (χ0n) is 9.37. The van der Waals surface area contributed by atoms with Gasteiger partial charge in [-0.3, -0.25) is 10.1 Å². The number of nitrogens with zero attached hydrogens (tertiary/aromatic N) is 1. The van der Waals surface area contributed by atoms with Gasteiger partial charge in [-0.2, -0.15) is 0 Å². The van der Waals surface area contributed by atoms with Gasteiger partial charge in [0.1, 0.15) is 5.76 Å². The van der Waals surface area contributed by atoms with Gasteiger partial charge in [0.2, 0.25) is 11.8 Å². The maximum absolute atomic E-state index is 11.7. The van der Waals surface area contributed by atoms with Crippen LogP contribution in [-0.2, 0) is 11.3 Å². The molecule has 5 nitrogen and oxygen atoms in total. The van der Waals surface area contributed by atoms with Gasteiger partial charge in [-0.05, 0) is 13.8 Å². The van der Waals surface area contributed by atoms with E-state index in [0.717, 1.165) is 23.1 Å². The van der Waals surface area contributed by atoms with Gasteiger partial charge in [0.25, 0.3) is 0 Å². The fourth-order valence-electron chi connectivity index (χ4n) is 1.46. The molecule has 0 radical (unpaired) electrons. The number of hydrogen-bond donors (Lipinski definition) is 2. The van der Waals surface area contributed by atoms with Crippen LogP contribution in [0.1, 0.15) is 17.3 Å². The van der Waals surface area contributed by atoms with Crippen LogP contribution in [0.2, 0.25) is 0 Å². The number of rotatable bonds is 3. The lowest BCUT2D eigenvalue weighted by Gasteiger charge is -2.08. The van der Waals surface area contributed by atoms with Crippen molar-refractivity contribution in [3.8, 4) is 0 Å². The Morgan fingerprint density at radius 2 is 2.50 bits per heavy atom. The lowest BCUT2D eigenvalue weighted by molar-refractivity contribution is -0.122. The Balaban J connectivity index is 1.84. The molecule has 1 aromatic rings. The summed E-state index contributed by atoms with van der Waals surface area (Å²) in [6.45, 7) is 4.11. The summed E-state index contributed by atoms with van der Waals surface area (Å²) >= 11 is 1.73. The predicted molar refractivity (Wildman–Crippen MR) is 62.1 cm³/mol. The van der Waals surface area contributed by atoms with Crippen LogP contribution < -0.4 is 10.6 Å². The number of thioether (sulfide) groups is 1. The second-order valence-corrected chi connectivity index (χ2v) is 4.77. The number of nitrogens with one attached hydrogen (secondary N) is 2. The number of hydrogen-bond acceptors (Lipinski definition) is 5. The Morgan fingerprint density at radius 3 is 3.06 bits per heavy atom. The second-order valence-electron chi connectivity index (χ2n) is 3.74. The minimum Gasteiger partial charge on any atom is -0.444 e. The highest BCUT2D eigenvalue weighted by Crippen LogP contribution is 2.10. The highest BCUT2D eigenvalue weighted by Gasteiger charge is 2.22. The number of amides is 1. The molecule has 1 atom stereocenters. The number of aromatic nitrogens is 1. The lowest BCUT2D eigenvalue weighted by atomic mass is 10.3. The molecule has 0 bridgehead atoms. The largest absolute Gasteiger partial charge is 0.444 e. The lowest BCUT2D eigenvalue weighted by Crippen LogP contribution is -2.41. The first-order valence-corrected chi connectivity index (χ1v) is 6.34. The van der Waals surface area contributed by atoms with E-state index in [1.54, 1.807) is 11.8 Å². The van der Waals surface area contributed by atoms with E-state index in [4.69, 9.17) is 4.42 Å². The van der Waals surface area contributed by atoms with Crippen LogP contribution in [0, 0.1) is 13.8 Å². The molecule has 1 fully saturated rings. The van der Waals surface area contributed by atoms with Crippen molar-refractivity contribution in [3.05, 3.63) is 17.3 Å². The Hall–Kier alpha value is -1.01. The number of carbonyl (C=O) groups excluding carboxylic acids is 1. The topological polar surface area (TPSA) is 67.2 Å². The molecule has 16 heavy (non-hydrogen) atoms. The summed E-state index contributed by atoms with van der Waals surface area (Å²) in [4.78, 5) is 15.9. The Labute approximate surface area is 98.4 Å². The first-order chi connectivity index (χ1) is 7.66. The third-order valence-corrected chi connectivity index (χ3v) is 3.46. The van der Waals surface area contributed by atoms with Crippen molar-refractivity contribution < 1.29 is 9.21 Å². The van der Waals surface area contributed by atoms with Gasteiger partial charge < -0.3 is 9.73 Å². The van der Waals surface area contributed by atoms with Crippen molar-refractivity contribution in [3.63, 3.8) is 0 Å². The molecule has 2 heterocycles. The van der Waals surface area contributed by atoms with E-state index in [0.29, 0.717) is 12.4 Å². The van der Waals surface area contributed by atoms with Gasteiger partial charge in [0, 0.05) is 11.6 Å². The van der Waals surface area contributed by atoms with Crippen molar-refractivity contribution in [2.24, 2.45) is 0 Å². The third-order valence-electron chi connectivity index (χ3n) is 2.52. The van der Waals surface area contributed by atoms with Crippen molar-refractivity contribution in [1.82, 2.24) is 15.6 Å². The summed E-state index contributed by atoms with van der Waals surface area (Å²) in [5.74, 6) is 3.05. The fraction of sp³-hybridized carbons (Fsp3) is 0.600.